The molecule has 1 aromatic heterocycles. The zero-order valence-electron chi connectivity index (χ0n) is 19.7. The molecule has 1 aromatic carbocycles. The van der Waals surface area contributed by atoms with Gasteiger partial charge in [0, 0.05) is 38.3 Å². The number of likely N-dealkylation sites (tertiary alicyclic amines) is 1. The summed E-state index contributed by atoms with van der Waals surface area (Å²) in [5.74, 6) is 1.14. The molecular weight excluding hydrogens is 441 g/mol. The second kappa shape index (κ2) is 11.5. The molecule has 0 aliphatic carbocycles. The first kappa shape index (κ1) is 25.0. The van der Waals surface area contributed by atoms with Crippen LogP contribution in [-0.4, -0.2) is 65.3 Å². The Bertz CT molecular complexity index is 1010. The van der Waals surface area contributed by atoms with Crippen LogP contribution in [0.3, 0.4) is 0 Å². The van der Waals surface area contributed by atoms with Crippen molar-refractivity contribution < 1.29 is 19.1 Å². The molecule has 1 saturated heterocycles. The molecule has 0 radical (unpaired) electrons. The van der Waals surface area contributed by atoms with E-state index in [0.29, 0.717) is 43.2 Å². The van der Waals surface area contributed by atoms with Crippen LogP contribution >= 0.6 is 0 Å². The molecule has 2 heterocycles. The van der Waals surface area contributed by atoms with Gasteiger partial charge in [-0.3, -0.25) is 0 Å². The van der Waals surface area contributed by atoms with E-state index in [4.69, 9.17) is 15.7 Å². The van der Waals surface area contributed by atoms with Gasteiger partial charge in [0.2, 0.25) is 0 Å². The number of carbonyl (C=O) groups is 1. The molecule has 1 aliphatic heterocycles. The van der Waals surface area contributed by atoms with Crippen molar-refractivity contribution in [3.63, 3.8) is 0 Å². The van der Waals surface area contributed by atoms with E-state index in [1.807, 2.05) is 25.8 Å². The van der Waals surface area contributed by atoms with E-state index in [0.717, 1.165) is 19.4 Å². The highest BCUT2D eigenvalue weighted by molar-refractivity contribution is 5.97. The Morgan fingerprint density at radius 3 is 2.74 bits per heavy atom. The van der Waals surface area contributed by atoms with Gasteiger partial charge in [-0.2, -0.15) is 0 Å². The molecule has 0 atom stereocenters. The molecule has 10 nitrogen and oxygen atoms in total. The third-order valence-corrected chi connectivity index (χ3v) is 5.62. The van der Waals surface area contributed by atoms with E-state index >= 15 is 0 Å². The van der Waals surface area contributed by atoms with Crippen LogP contribution in [0, 0.1) is 17.7 Å². The lowest BCUT2D eigenvalue weighted by molar-refractivity contribution is 0.0795. The van der Waals surface area contributed by atoms with Crippen LogP contribution < -0.4 is 16.0 Å². The van der Waals surface area contributed by atoms with Gasteiger partial charge in [-0.05, 0) is 42.9 Å². The molecule has 2 aromatic rings. The van der Waals surface area contributed by atoms with Gasteiger partial charge in [0.1, 0.15) is 23.8 Å². The normalized spacial score (nSPS) is 14.9. The highest BCUT2D eigenvalue weighted by Gasteiger charge is 2.25. The van der Waals surface area contributed by atoms with Crippen LogP contribution in [0.15, 0.2) is 35.7 Å². The summed E-state index contributed by atoms with van der Waals surface area (Å²) < 4.78 is 19.8. The third kappa shape index (κ3) is 6.69. The van der Waals surface area contributed by atoms with E-state index in [2.05, 4.69) is 20.4 Å². The standard InChI is InChI=1S/C23H32FN7O3/c1-15(2)13-34-23(32)31-8-6-16(7-9-31)12-30(3)21-11-20(26-14-27-21)28-19-5-4-17(10-18(19)24)22(25)29-33/h4-5,10-11,14-16,33H,6-9,12-13H2,1-3H3,(H2,25,29)(H,26,27,28). The molecule has 1 fully saturated rings. The number of oxime groups is 1. The zero-order chi connectivity index (χ0) is 24.7. The molecule has 1 aliphatic rings. The summed E-state index contributed by atoms with van der Waals surface area (Å²) in [6.45, 7) is 6.58. The molecule has 0 spiro atoms. The summed E-state index contributed by atoms with van der Waals surface area (Å²) in [4.78, 5) is 24.5. The molecular formula is C23H32FN7O3. The fraction of sp³-hybridized carbons (Fsp3) is 0.478. The summed E-state index contributed by atoms with van der Waals surface area (Å²) >= 11 is 0. The average molecular weight is 474 g/mol. The van der Waals surface area contributed by atoms with Crippen LogP contribution in [0.1, 0.15) is 32.3 Å². The first-order valence-corrected chi connectivity index (χ1v) is 11.3. The number of hydrogen-bond acceptors (Lipinski definition) is 8. The number of anilines is 3. The quantitative estimate of drug-likeness (QED) is 0.230. The first-order chi connectivity index (χ1) is 16.3. The Balaban J connectivity index is 1.55. The maximum Gasteiger partial charge on any atom is 0.409 e. The maximum absolute atomic E-state index is 14.4. The van der Waals surface area contributed by atoms with Gasteiger partial charge >= 0.3 is 6.09 Å². The molecule has 0 bridgehead atoms. The van der Waals surface area contributed by atoms with Crippen molar-refractivity contribution in [3.05, 3.63) is 42.0 Å². The number of amides is 1. The first-order valence-electron chi connectivity index (χ1n) is 11.3. The van der Waals surface area contributed by atoms with Crippen molar-refractivity contribution in [2.75, 3.05) is 43.5 Å². The predicted octanol–water partition coefficient (Wildman–Crippen LogP) is 3.39. The van der Waals surface area contributed by atoms with E-state index in [1.54, 1.807) is 17.0 Å². The number of nitrogens with two attached hydrogens (primary N) is 1. The molecule has 3 rings (SSSR count). The second-order valence-corrected chi connectivity index (χ2v) is 8.85. The number of carbonyl (C=O) groups excluding carboxylic acids is 1. The summed E-state index contributed by atoms with van der Waals surface area (Å²) in [6.07, 6.45) is 2.95. The van der Waals surface area contributed by atoms with Gasteiger partial charge in [0.05, 0.1) is 12.3 Å². The number of piperidine rings is 1. The number of benzene rings is 1. The lowest BCUT2D eigenvalue weighted by atomic mass is 9.96. The van der Waals surface area contributed by atoms with Crippen molar-refractivity contribution in [2.45, 2.75) is 26.7 Å². The molecule has 184 valence electrons. The number of ether oxygens (including phenoxy) is 1. The van der Waals surface area contributed by atoms with Crippen molar-refractivity contribution in [2.24, 2.45) is 22.7 Å². The Kier molecular flexibility index (Phi) is 8.44. The van der Waals surface area contributed by atoms with Crippen molar-refractivity contribution in [3.8, 4) is 0 Å². The Morgan fingerprint density at radius 1 is 1.35 bits per heavy atom. The Labute approximate surface area is 198 Å². The summed E-state index contributed by atoms with van der Waals surface area (Å²) in [7, 11) is 1.95. The molecule has 1 amide bonds. The van der Waals surface area contributed by atoms with Crippen LogP contribution in [0.5, 0.6) is 0 Å². The lowest BCUT2D eigenvalue weighted by Gasteiger charge is -2.33. The van der Waals surface area contributed by atoms with Gasteiger partial charge < -0.3 is 30.8 Å². The topological polar surface area (TPSA) is 129 Å². The Hall–Kier alpha value is -3.63. The highest BCUT2D eigenvalue weighted by Crippen LogP contribution is 2.24. The van der Waals surface area contributed by atoms with Crippen LogP contribution in [0.25, 0.3) is 0 Å². The molecule has 4 N–H and O–H groups in total. The second-order valence-electron chi connectivity index (χ2n) is 8.85. The molecule has 34 heavy (non-hydrogen) atoms. The van der Waals surface area contributed by atoms with Gasteiger partial charge in [-0.1, -0.05) is 19.0 Å². The smallest absolute Gasteiger partial charge is 0.409 e. The fourth-order valence-electron chi connectivity index (χ4n) is 3.70. The monoisotopic (exact) mass is 473 g/mol. The maximum atomic E-state index is 14.4. The number of nitrogens with zero attached hydrogens (tertiary/aromatic N) is 5. The summed E-state index contributed by atoms with van der Waals surface area (Å²) in [5.41, 5.74) is 5.98. The minimum atomic E-state index is -0.559. The van der Waals surface area contributed by atoms with Crippen molar-refractivity contribution >= 4 is 29.3 Å². The SMILES string of the molecule is CC(C)COC(=O)N1CCC(CN(C)c2cc(Nc3ccc(C(N)=NO)cc3F)ncn2)CC1. The largest absolute Gasteiger partial charge is 0.449 e. The average Bonchev–Trinajstić information content (AvgIpc) is 2.83. The van der Waals surface area contributed by atoms with Crippen LogP contribution in [0.4, 0.5) is 26.5 Å². The number of nitrogens with one attached hydrogen (secondary N) is 1. The zero-order valence-corrected chi connectivity index (χ0v) is 19.7. The van der Waals surface area contributed by atoms with E-state index in [-0.39, 0.29) is 23.2 Å². The van der Waals surface area contributed by atoms with E-state index in [1.165, 1.54) is 18.5 Å². The van der Waals surface area contributed by atoms with Gasteiger partial charge in [-0.25, -0.2) is 19.2 Å². The van der Waals surface area contributed by atoms with Crippen LogP contribution in [-0.2, 0) is 4.74 Å². The molecule has 0 saturated carbocycles. The highest BCUT2D eigenvalue weighted by atomic mass is 19.1. The predicted molar refractivity (Wildman–Crippen MR) is 128 cm³/mol. The van der Waals surface area contributed by atoms with Gasteiger partial charge in [-0.15, -0.1) is 0 Å². The Morgan fingerprint density at radius 2 is 2.09 bits per heavy atom. The number of aromatic nitrogens is 2. The summed E-state index contributed by atoms with van der Waals surface area (Å²) in [6, 6.07) is 5.96. The minimum absolute atomic E-state index is 0.172. The minimum Gasteiger partial charge on any atom is -0.449 e. The lowest BCUT2D eigenvalue weighted by Crippen LogP contribution is -2.41. The van der Waals surface area contributed by atoms with E-state index < -0.39 is 5.82 Å². The van der Waals surface area contributed by atoms with Gasteiger partial charge in [0.25, 0.3) is 0 Å². The van der Waals surface area contributed by atoms with Crippen molar-refractivity contribution in [1.82, 2.24) is 14.9 Å². The number of rotatable bonds is 8. The molecule has 11 heteroatoms. The van der Waals surface area contributed by atoms with Crippen LogP contribution in [0.2, 0.25) is 0 Å². The van der Waals surface area contributed by atoms with E-state index in [9.17, 15) is 9.18 Å². The number of hydrogen-bond donors (Lipinski definition) is 3. The fourth-order valence-corrected chi connectivity index (χ4v) is 3.70. The molecule has 0 unspecified atom stereocenters. The summed E-state index contributed by atoms with van der Waals surface area (Å²) in [5, 5.41) is 14.6. The number of halogens is 1. The van der Waals surface area contributed by atoms with Gasteiger partial charge in [0.15, 0.2) is 5.84 Å². The number of amidine groups is 1. The van der Waals surface area contributed by atoms with Crippen molar-refractivity contribution in [1.29, 1.82) is 0 Å². The third-order valence-electron chi connectivity index (χ3n) is 5.62.